The maximum absolute atomic E-state index is 12.3. The summed E-state index contributed by atoms with van der Waals surface area (Å²) in [6, 6.07) is 32.6. The molecule has 0 heterocycles. The molecule has 0 aromatic heterocycles. The molecule has 0 saturated carbocycles. The van der Waals surface area contributed by atoms with Gasteiger partial charge in [0.2, 0.25) is 0 Å². The third-order valence-electron chi connectivity index (χ3n) is 5.63. The predicted molar refractivity (Wildman–Crippen MR) is 128 cm³/mol. The van der Waals surface area contributed by atoms with Crippen LogP contribution in [0.2, 0.25) is 0 Å². The molecule has 29 heavy (non-hydrogen) atoms. The van der Waals surface area contributed by atoms with Crippen molar-refractivity contribution in [3.8, 4) is 0 Å². The van der Waals surface area contributed by atoms with Crippen LogP contribution >= 0.6 is 7.26 Å². The van der Waals surface area contributed by atoms with Gasteiger partial charge < -0.3 is 0 Å². The quantitative estimate of drug-likeness (QED) is 0.555. The molecule has 0 aliphatic rings. The SMILES string of the molecule is CNCCN(CC[PH](c1ccccc1)(c1ccccc1)c1ccccc1)C(C)=O. The van der Waals surface area contributed by atoms with Gasteiger partial charge in [-0.15, -0.1) is 0 Å². The second kappa shape index (κ2) is 10.3. The van der Waals surface area contributed by atoms with E-state index in [-0.39, 0.29) is 5.91 Å². The molecular weight excluding hydrogens is 375 g/mol. The number of benzene rings is 3. The first kappa shape index (κ1) is 21.2. The van der Waals surface area contributed by atoms with Crippen molar-refractivity contribution in [3.63, 3.8) is 0 Å². The van der Waals surface area contributed by atoms with Gasteiger partial charge in [0.05, 0.1) is 0 Å². The van der Waals surface area contributed by atoms with E-state index >= 15 is 0 Å². The Morgan fingerprint density at radius 2 is 1.17 bits per heavy atom. The summed E-state index contributed by atoms with van der Waals surface area (Å²) in [6.07, 6.45) is 0.953. The first-order chi connectivity index (χ1) is 14.2. The van der Waals surface area contributed by atoms with Gasteiger partial charge in [-0.2, -0.15) is 0 Å². The summed E-state index contributed by atoms with van der Waals surface area (Å²) in [7, 11) is -0.360. The molecule has 3 aromatic rings. The van der Waals surface area contributed by atoms with Gasteiger partial charge in [-0.1, -0.05) is 0 Å². The molecule has 152 valence electrons. The van der Waals surface area contributed by atoms with E-state index in [2.05, 4.69) is 96.3 Å². The molecule has 3 nitrogen and oxygen atoms in total. The minimum atomic E-state index is -2.29. The molecule has 1 amide bonds. The molecule has 0 aliphatic carbocycles. The van der Waals surface area contributed by atoms with Gasteiger partial charge in [0.25, 0.3) is 0 Å². The van der Waals surface area contributed by atoms with Gasteiger partial charge in [-0.05, 0) is 0 Å². The molecule has 0 fully saturated rings. The molecule has 0 bridgehead atoms. The van der Waals surface area contributed by atoms with Crippen molar-refractivity contribution in [3.05, 3.63) is 91.0 Å². The van der Waals surface area contributed by atoms with E-state index in [0.29, 0.717) is 0 Å². The first-order valence-electron chi connectivity index (χ1n) is 10.2. The van der Waals surface area contributed by atoms with Crippen LogP contribution in [0.3, 0.4) is 0 Å². The molecule has 4 heteroatoms. The van der Waals surface area contributed by atoms with Crippen molar-refractivity contribution in [1.29, 1.82) is 0 Å². The van der Waals surface area contributed by atoms with E-state index in [4.69, 9.17) is 0 Å². The number of carbonyl (C=O) groups excluding carboxylic acids is 1. The molecule has 0 aliphatic heterocycles. The summed E-state index contributed by atoms with van der Waals surface area (Å²) in [4.78, 5) is 14.3. The molecule has 3 aromatic carbocycles. The fourth-order valence-corrected chi connectivity index (χ4v) is 8.83. The molecule has 0 radical (unpaired) electrons. The zero-order valence-electron chi connectivity index (χ0n) is 17.3. The third-order valence-corrected chi connectivity index (χ3v) is 10.6. The average molecular weight is 407 g/mol. The van der Waals surface area contributed by atoms with E-state index in [9.17, 15) is 4.79 Å². The van der Waals surface area contributed by atoms with Crippen LogP contribution in [0.5, 0.6) is 0 Å². The summed E-state index contributed by atoms with van der Waals surface area (Å²) in [5.41, 5.74) is 0. The van der Waals surface area contributed by atoms with Gasteiger partial charge in [-0.3, -0.25) is 0 Å². The molecule has 1 N–H and O–H groups in total. The van der Waals surface area contributed by atoms with E-state index in [0.717, 1.165) is 25.8 Å². The maximum atomic E-state index is 12.3. The zero-order chi connectivity index (χ0) is 20.5. The Kier molecular flexibility index (Phi) is 7.57. The standard InChI is InChI=1S/C25H31N2OP/c1-22(28)27(19-18-26-2)20-21-29(23-12-6-3-7-13-23,24-14-8-4-9-15-24)25-16-10-5-11-17-25/h3-17,26,29H,18-21H2,1-2H3. The van der Waals surface area contributed by atoms with E-state index in [1.165, 1.54) is 15.9 Å². The number of nitrogens with one attached hydrogen (secondary N) is 1. The van der Waals surface area contributed by atoms with Gasteiger partial charge >= 0.3 is 175 Å². The number of nitrogens with zero attached hydrogens (tertiary/aromatic N) is 1. The molecule has 3 rings (SSSR count). The Bertz CT molecular complexity index is 788. The fraction of sp³-hybridized carbons (Fsp3) is 0.240. The fourth-order valence-electron chi connectivity index (χ4n) is 4.08. The van der Waals surface area contributed by atoms with E-state index in [1.54, 1.807) is 6.92 Å². The molecule has 0 unspecified atom stereocenters. The van der Waals surface area contributed by atoms with E-state index < -0.39 is 7.26 Å². The summed E-state index contributed by atoms with van der Waals surface area (Å²) < 4.78 is 0. The Hall–Kier alpha value is -2.48. The van der Waals surface area contributed by atoms with Crippen LogP contribution in [-0.2, 0) is 4.79 Å². The summed E-state index contributed by atoms with van der Waals surface area (Å²) in [6.45, 7) is 3.96. The number of amides is 1. The van der Waals surface area contributed by atoms with Crippen LogP contribution < -0.4 is 21.2 Å². The second-order valence-electron chi connectivity index (χ2n) is 7.36. The zero-order valence-corrected chi connectivity index (χ0v) is 18.3. The van der Waals surface area contributed by atoms with Gasteiger partial charge in [0, 0.05) is 0 Å². The van der Waals surface area contributed by atoms with Crippen LogP contribution in [0.1, 0.15) is 6.92 Å². The van der Waals surface area contributed by atoms with Crippen LogP contribution in [0, 0.1) is 0 Å². The summed E-state index contributed by atoms with van der Waals surface area (Å²) >= 11 is 0. The molecule has 0 atom stereocenters. The van der Waals surface area contributed by atoms with Gasteiger partial charge in [-0.25, -0.2) is 0 Å². The van der Waals surface area contributed by atoms with E-state index in [1.807, 2.05) is 11.9 Å². The molecule has 0 saturated heterocycles. The van der Waals surface area contributed by atoms with Crippen molar-refractivity contribution < 1.29 is 4.79 Å². The number of rotatable bonds is 9. The monoisotopic (exact) mass is 406 g/mol. The van der Waals surface area contributed by atoms with Crippen molar-refractivity contribution in [2.45, 2.75) is 6.92 Å². The normalized spacial score (nSPS) is 11.8. The Morgan fingerprint density at radius 3 is 1.52 bits per heavy atom. The van der Waals surface area contributed by atoms with Crippen molar-refractivity contribution in [1.82, 2.24) is 10.2 Å². The number of hydrogen-bond acceptors (Lipinski definition) is 2. The number of carbonyl (C=O) groups is 1. The number of hydrogen-bond donors (Lipinski definition) is 1. The topological polar surface area (TPSA) is 32.3 Å². The minimum absolute atomic E-state index is 0.136. The Morgan fingerprint density at radius 1 is 0.759 bits per heavy atom. The molecular formula is C25H31N2OP. The van der Waals surface area contributed by atoms with Crippen LogP contribution in [-0.4, -0.2) is 43.7 Å². The van der Waals surface area contributed by atoms with Crippen molar-refractivity contribution in [2.24, 2.45) is 0 Å². The van der Waals surface area contributed by atoms with Gasteiger partial charge in [0.15, 0.2) is 0 Å². The van der Waals surface area contributed by atoms with Gasteiger partial charge in [0.1, 0.15) is 0 Å². The summed E-state index contributed by atoms with van der Waals surface area (Å²) in [5, 5.41) is 7.31. The molecule has 0 spiro atoms. The van der Waals surface area contributed by atoms with Crippen molar-refractivity contribution >= 4 is 29.1 Å². The average Bonchev–Trinajstić information content (AvgIpc) is 2.78. The Balaban J connectivity index is 2.11. The Labute approximate surface area is 175 Å². The summed E-state index contributed by atoms with van der Waals surface area (Å²) in [5.74, 6) is 0.136. The third kappa shape index (κ3) is 4.93. The second-order valence-corrected chi connectivity index (χ2v) is 11.4. The predicted octanol–water partition coefficient (Wildman–Crippen LogP) is 2.78. The van der Waals surface area contributed by atoms with Crippen LogP contribution in [0.25, 0.3) is 0 Å². The number of likely N-dealkylation sites (N-methyl/N-ethyl adjacent to an activating group) is 1. The first-order valence-corrected chi connectivity index (χ1v) is 12.5. The van der Waals surface area contributed by atoms with Crippen LogP contribution in [0.4, 0.5) is 0 Å². The van der Waals surface area contributed by atoms with Crippen LogP contribution in [0.15, 0.2) is 91.0 Å². The van der Waals surface area contributed by atoms with Crippen molar-refractivity contribution in [2.75, 3.05) is 32.8 Å².